The van der Waals surface area contributed by atoms with Crippen LogP contribution in [-0.4, -0.2) is 18.0 Å². The van der Waals surface area contributed by atoms with Gasteiger partial charge in [0.25, 0.3) is 5.91 Å². The molecule has 0 radical (unpaired) electrons. The molecule has 5 nitrogen and oxygen atoms in total. The number of carbonyl (C=O) groups is 1. The van der Waals surface area contributed by atoms with E-state index in [2.05, 4.69) is 31.5 Å². The van der Waals surface area contributed by atoms with Gasteiger partial charge in [-0.2, -0.15) is 13.2 Å². The number of pyridine rings is 1. The van der Waals surface area contributed by atoms with Crippen molar-refractivity contribution in [3.8, 4) is 5.88 Å². The van der Waals surface area contributed by atoms with Crippen LogP contribution < -0.4 is 15.4 Å². The van der Waals surface area contributed by atoms with Gasteiger partial charge < -0.3 is 15.4 Å². The van der Waals surface area contributed by atoms with Crippen molar-refractivity contribution in [1.82, 2.24) is 4.98 Å². The van der Waals surface area contributed by atoms with Crippen LogP contribution in [0.15, 0.2) is 53.1 Å². The van der Waals surface area contributed by atoms with Gasteiger partial charge in [0.15, 0.2) is 0 Å². The molecule has 2 aromatic carbocycles. The molecule has 0 spiro atoms. The van der Waals surface area contributed by atoms with E-state index in [0.717, 1.165) is 18.2 Å². The molecule has 2 N–H and O–H groups in total. The Labute approximate surface area is 183 Å². The number of hydrogen-bond donors (Lipinski definition) is 2. The molecule has 0 fully saturated rings. The Morgan fingerprint density at radius 3 is 2.32 bits per heavy atom. The number of ether oxygens (including phenoxy) is 1. The van der Waals surface area contributed by atoms with Gasteiger partial charge in [0.05, 0.1) is 29.6 Å². The predicted octanol–water partition coefficient (Wildman–Crippen LogP) is 6.31. The molecule has 1 heterocycles. The molecule has 162 valence electrons. The van der Waals surface area contributed by atoms with Crippen LogP contribution in [0.4, 0.5) is 34.6 Å². The summed E-state index contributed by atoms with van der Waals surface area (Å²) in [6.07, 6.45) is -4.64. The van der Waals surface area contributed by atoms with Crippen LogP contribution in [0.5, 0.6) is 5.88 Å². The average molecular weight is 498 g/mol. The number of rotatable bonds is 5. The molecule has 0 aliphatic heterocycles. The van der Waals surface area contributed by atoms with Crippen molar-refractivity contribution < 1.29 is 27.1 Å². The van der Waals surface area contributed by atoms with E-state index in [-0.39, 0.29) is 27.4 Å². The third-order valence-corrected chi connectivity index (χ3v) is 4.93. The highest BCUT2D eigenvalue weighted by atomic mass is 79.9. The molecular weight excluding hydrogens is 482 g/mol. The Bertz CT molecular complexity index is 1140. The summed E-state index contributed by atoms with van der Waals surface area (Å²) in [4.78, 5) is 16.9. The van der Waals surface area contributed by atoms with E-state index in [1.807, 2.05) is 0 Å². The van der Waals surface area contributed by atoms with Crippen LogP contribution in [0.25, 0.3) is 0 Å². The van der Waals surface area contributed by atoms with E-state index in [0.29, 0.717) is 11.3 Å². The van der Waals surface area contributed by atoms with Crippen LogP contribution in [0.1, 0.15) is 21.5 Å². The number of nitrogens with zero attached hydrogens (tertiary/aromatic N) is 1. The van der Waals surface area contributed by atoms with Crippen molar-refractivity contribution in [2.45, 2.75) is 13.1 Å². The zero-order valence-corrected chi connectivity index (χ0v) is 17.9. The Kier molecular flexibility index (Phi) is 6.49. The number of anilines is 3. The summed E-state index contributed by atoms with van der Waals surface area (Å²) < 4.78 is 58.3. The van der Waals surface area contributed by atoms with Crippen LogP contribution in [0.3, 0.4) is 0 Å². The Morgan fingerprint density at radius 2 is 1.71 bits per heavy atom. The lowest BCUT2D eigenvalue weighted by Crippen LogP contribution is -2.16. The maximum absolute atomic E-state index is 13.4. The maximum atomic E-state index is 13.4. The van der Waals surface area contributed by atoms with E-state index in [9.17, 15) is 22.4 Å². The number of methoxy groups -OCH3 is 1. The third kappa shape index (κ3) is 5.32. The molecule has 31 heavy (non-hydrogen) atoms. The van der Waals surface area contributed by atoms with Crippen LogP contribution in [0, 0.1) is 12.7 Å². The van der Waals surface area contributed by atoms with Gasteiger partial charge in [-0.25, -0.2) is 9.37 Å². The van der Waals surface area contributed by atoms with Gasteiger partial charge in [0.2, 0.25) is 5.88 Å². The summed E-state index contributed by atoms with van der Waals surface area (Å²) in [5, 5.41) is 5.44. The number of carbonyl (C=O) groups excluding carboxylic acids is 1. The monoisotopic (exact) mass is 497 g/mol. The Balaban J connectivity index is 2.00. The Morgan fingerprint density at radius 1 is 1.03 bits per heavy atom. The molecule has 1 amide bonds. The number of halogens is 5. The number of hydrogen-bond acceptors (Lipinski definition) is 4. The molecule has 1 aromatic heterocycles. The minimum Gasteiger partial charge on any atom is -0.481 e. The average Bonchev–Trinajstić information content (AvgIpc) is 2.70. The molecule has 0 saturated heterocycles. The number of alkyl halides is 3. The van der Waals surface area contributed by atoms with Crippen LogP contribution >= 0.6 is 15.9 Å². The standard InChI is InChI=1S/C21H16BrF4N3O2/c1-11-9-13(23)4-6-15(11)27-16-5-3-12(21(24,25)26)10-14(16)20(30)28-17-7-8-18(31-2)29-19(17)22/h3-10,27H,1-2H3,(H,28,30). The summed E-state index contributed by atoms with van der Waals surface area (Å²) in [6, 6.07) is 9.68. The molecule has 0 atom stereocenters. The first-order chi connectivity index (χ1) is 14.6. The van der Waals surface area contributed by atoms with Crippen molar-refractivity contribution in [3.05, 3.63) is 75.6 Å². The highest BCUT2D eigenvalue weighted by Crippen LogP contribution is 2.34. The Hall–Kier alpha value is -3.14. The minimum atomic E-state index is -4.64. The summed E-state index contributed by atoms with van der Waals surface area (Å²) >= 11 is 3.19. The lowest BCUT2D eigenvalue weighted by molar-refractivity contribution is -0.137. The van der Waals surface area contributed by atoms with Crippen molar-refractivity contribution in [2.75, 3.05) is 17.7 Å². The molecule has 0 bridgehead atoms. The van der Waals surface area contributed by atoms with Gasteiger partial charge in [-0.05, 0) is 70.9 Å². The highest BCUT2D eigenvalue weighted by Gasteiger charge is 2.32. The van der Waals surface area contributed by atoms with Crippen molar-refractivity contribution in [1.29, 1.82) is 0 Å². The lowest BCUT2D eigenvalue weighted by atomic mass is 10.1. The van der Waals surface area contributed by atoms with Gasteiger partial charge >= 0.3 is 6.18 Å². The normalized spacial score (nSPS) is 11.2. The van der Waals surface area contributed by atoms with Crippen molar-refractivity contribution >= 4 is 38.9 Å². The smallest absolute Gasteiger partial charge is 0.416 e. The van der Waals surface area contributed by atoms with Crippen molar-refractivity contribution in [2.24, 2.45) is 0 Å². The topological polar surface area (TPSA) is 63.2 Å². The summed E-state index contributed by atoms with van der Waals surface area (Å²) in [5.74, 6) is -0.954. The molecular formula is C21H16BrF4N3O2. The van der Waals surface area contributed by atoms with Crippen molar-refractivity contribution in [3.63, 3.8) is 0 Å². The molecule has 0 unspecified atom stereocenters. The molecule has 0 saturated carbocycles. The minimum absolute atomic E-state index is 0.123. The second-order valence-corrected chi connectivity index (χ2v) is 7.24. The van der Waals surface area contributed by atoms with E-state index in [1.165, 1.54) is 37.4 Å². The van der Waals surface area contributed by atoms with E-state index in [1.54, 1.807) is 6.92 Å². The van der Waals surface area contributed by atoms with Crippen LogP contribution in [0.2, 0.25) is 0 Å². The highest BCUT2D eigenvalue weighted by molar-refractivity contribution is 9.10. The van der Waals surface area contributed by atoms with Gasteiger partial charge in [-0.1, -0.05) is 0 Å². The van der Waals surface area contributed by atoms with Gasteiger partial charge in [-0.15, -0.1) is 0 Å². The fraction of sp³-hybridized carbons (Fsp3) is 0.143. The zero-order chi connectivity index (χ0) is 22.8. The second kappa shape index (κ2) is 8.93. The first-order valence-electron chi connectivity index (χ1n) is 8.85. The third-order valence-electron chi connectivity index (χ3n) is 4.33. The number of aromatic nitrogens is 1. The predicted molar refractivity (Wildman–Crippen MR) is 112 cm³/mol. The fourth-order valence-electron chi connectivity index (χ4n) is 2.74. The second-order valence-electron chi connectivity index (χ2n) is 6.49. The number of aryl methyl sites for hydroxylation is 1. The zero-order valence-electron chi connectivity index (χ0n) is 16.3. The SMILES string of the molecule is COc1ccc(NC(=O)c2cc(C(F)(F)F)ccc2Nc2ccc(F)cc2C)c(Br)n1. The molecule has 3 rings (SSSR count). The summed E-state index contributed by atoms with van der Waals surface area (Å²) in [7, 11) is 1.42. The largest absolute Gasteiger partial charge is 0.481 e. The van der Waals surface area contributed by atoms with E-state index >= 15 is 0 Å². The summed E-state index contributed by atoms with van der Waals surface area (Å²) in [6.45, 7) is 1.63. The van der Waals surface area contributed by atoms with Gasteiger partial charge in [0.1, 0.15) is 10.4 Å². The fourth-order valence-corrected chi connectivity index (χ4v) is 3.15. The van der Waals surface area contributed by atoms with Gasteiger partial charge in [0, 0.05) is 11.8 Å². The van der Waals surface area contributed by atoms with Crippen LogP contribution in [-0.2, 0) is 6.18 Å². The van der Waals surface area contributed by atoms with E-state index < -0.39 is 23.5 Å². The molecule has 10 heteroatoms. The van der Waals surface area contributed by atoms with Gasteiger partial charge in [-0.3, -0.25) is 4.79 Å². The summed E-state index contributed by atoms with van der Waals surface area (Å²) in [5.41, 5.74) is 0.105. The maximum Gasteiger partial charge on any atom is 0.416 e. The first kappa shape index (κ1) is 22.5. The first-order valence-corrected chi connectivity index (χ1v) is 9.64. The number of benzene rings is 2. The quantitative estimate of drug-likeness (QED) is 0.320. The number of amides is 1. The molecule has 0 aliphatic carbocycles. The molecule has 0 aliphatic rings. The number of nitrogens with one attached hydrogen (secondary N) is 2. The van der Waals surface area contributed by atoms with E-state index in [4.69, 9.17) is 4.74 Å². The lowest BCUT2D eigenvalue weighted by Gasteiger charge is -2.17. The molecule has 3 aromatic rings.